The van der Waals surface area contributed by atoms with Gasteiger partial charge in [-0.05, 0) is 48.9 Å². The number of fused-ring (bicyclic) bond motifs is 1. The molecule has 0 bridgehead atoms. The third kappa shape index (κ3) is 3.60. The maximum absolute atomic E-state index is 5.96. The van der Waals surface area contributed by atoms with Crippen molar-refractivity contribution in [3.05, 3.63) is 72.0 Å². The van der Waals surface area contributed by atoms with E-state index < -0.39 is 0 Å². The van der Waals surface area contributed by atoms with Crippen LogP contribution in [0.25, 0.3) is 21.0 Å². The van der Waals surface area contributed by atoms with E-state index in [1.165, 1.54) is 0 Å². The molecule has 130 valence electrons. The van der Waals surface area contributed by atoms with Gasteiger partial charge < -0.3 is 15.5 Å². The number of nitrogens with two attached hydrogens (primary N) is 1. The summed E-state index contributed by atoms with van der Waals surface area (Å²) in [5, 5.41) is 3.95. The number of aromatic nitrogens is 1. The van der Waals surface area contributed by atoms with Gasteiger partial charge in [0.25, 0.3) is 0 Å². The van der Waals surface area contributed by atoms with E-state index in [0.29, 0.717) is 12.5 Å². The third-order valence-electron chi connectivity index (χ3n) is 3.86. The van der Waals surface area contributed by atoms with Crippen LogP contribution < -0.4 is 11.1 Å². The van der Waals surface area contributed by atoms with E-state index in [9.17, 15) is 0 Å². The van der Waals surface area contributed by atoms with E-state index in [0.717, 1.165) is 38.0 Å². The number of hydrogen-bond donors (Lipinski definition) is 2. The maximum Gasteiger partial charge on any atom is 0.193 e. The molecule has 6 heteroatoms. The molecule has 2 aromatic carbocycles. The van der Waals surface area contributed by atoms with Crippen molar-refractivity contribution in [3.8, 4) is 10.8 Å². The van der Waals surface area contributed by atoms with Gasteiger partial charge in [-0.25, -0.2) is 9.98 Å². The summed E-state index contributed by atoms with van der Waals surface area (Å²) >= 11 is 1.61. The van der Waals surface area contributed by atoms with E-state index in [2.05, 4.69) is 21.4 Å². The third-order valence-corrected chi connectivity index (χ3v) is 4.91. The number of aryl methyl sites for hydroxylation is 1. The normalized spacial score (nSPS) is 11.8. The maximum atomic E-state index is 5.96. The summed E-state index contributed by atoms with van der Waals surface area (Å²) in [5.41, 5.74) is 9.02. The van der Waals surface area contributed by atoms with Gasteiger partial charge in [-0.2, -0.15) is 0 Å². The van der Waals surface area contributed by atoms with Crippen molar-refractivity contribution >= 4 is 33.2 Å². The summed E-state index contributed by atoms with van der Waals surface area (Å²) in [5.74, 6) is 1.85. The van der Waals surface area contributed by atoms with Crippen LogP contribution in [-0.4, -0.2) is 10.9 Å². The highest BCUT2D eigenvalue weighted by molar-refractivity contribution is 7.21. The molecule has 5 nitrogen and oxygen atoms in total. The molecule has 3 N–H and O–H groups in total. The zero-order chi connectivity index (χ0) is 17.9. The molecule has 2 heterocycles. The van der Waals surface area contributed by atoms with Gasteiger partial charge in [0.15, 0.2) is 16.7 Å². The van der Waals surface area contributed by atoms with E-state index in [1.807, 2.05) is 61.5 Å². The fourth-order valence-corrected chi connectivity index (χ4v) is 3.56. The van der Waals surface area contributed by atoms with Crippen molar-refractivity contribution < 1.29 is 4.42 Å². The smallest absolute Gasteiger partial charge is 0.193 e. The average Bonchev–Trinajstić information content (AvgIpc) is 3.26. The average molecular weight is 362 g/mol. The van der Waals surface area contributed by atoms with Crippen LogP contribution in [0.3, 0.4) is 0 Å². The highest BCUT2D eigenvalue weighted by Gasteiger charge is 2.10. The minimum atomic E-state index is 0.355. The molecule has 0 spiro atoms. The Labute approximate surface area is 155 Å². The van der Waals surface area contributed by atoms with E-state index in [-0.39, 0.29) is 0 Å². The lowest BCUT2D eigenvalue weighted by Crippen LogP contribution is -2.22. The first-order chi connectivity index (χ1) is 12.7. The van der Waals surface area contributed by atoms with Crippen LogP contribution >= 0.6 is 11.3 Å². The summed E-state index contributed by atoms with van der Waals surface area (Å²) in [4.78, 5) is 8.95. The molecule has 4 aromatic rings. The molecule has 0 aliphatic rings. The quantitative estimate of drug-likeness (QED) is 0.404. The van der Waals surface area contributed by atoms with Crippen molar-refractivity contribution in [1.29, 1.82) is 0 Å². The number of nitrogens with zero attached hydrogens (tertiary/aromatic N) is 2. The number of guanidine groups is 1. The Morgan fingerprint density at radius 2 is 2.04 bits per heavy atom. The van der Waals surface area contributed by atoms with Crippen molar-refractivity contribution in [2.45, 2.75) is 13.5 Å². The molecule has 26 heavy (non-hydrogen) atoms. The second-order valence-electron chi connectivity index (χ2n) is 5.95. The lowest BCUT2D eigenvalue weighted by Gasteiger charge is -2.05. The van der Waals surface area contributed by atoms with Crippen LogP contribution in [0.1, 0.15) is 11.3 Å². The van der Waals surface area contributed by atoms with Crippen LogP contribution in [0, 0.1) is 6.92 Å². The number of aliphatic imine (C=N–C) groups is 1. The Kier molecular flexibility index (Phi) is 4.41. The topological polar surface area (TPSA) is 76.4 Å². The Balaban J connectivity index is 1.46. The van der Waals surface area contributed by atoms with Gasteiger partial charge in [0.1, 0.15) is 12.3 Å². The lowest BCUT2D eigenvalue weighted by atomic mass is 10.2. The molecule has 0 aliphatic carbocycles. The van der Waals surface area contributed by atoms with E-state index in [1.54, 1.807) is 11.3 Å². The number of benzene rings is 2. The fourth-order valence-electron chi connectivity index (χ4n) is 2.63. The number of furan rings is 1. The molecule has 0 saturated carbocycles. The van der Waals surface area contributed by atoms with Gasteiger partial charge in [0, 0.05) is 5.69 Å². The predicted octanol–water partition coefficient (Wildman–Crippen LogP) is 4.79. The number of hydrogen-bond acceptors (Lipinski definition) is 4. The van der Waals surface area contributed by atoms with Crippen LogP contribution in [0.4, 0.5) is 5.69 Å². The Hall–Kier alpha value is -3.12. The van der Waals surface area contributed by atoms with Gasteiger partial charge in [-0.15, -0.1) is 11.3 Å². The van der Waals surface area contributed by atoms with E-state index >= 15 is 0 Å². The summed E-state index contributed by atoms with van der Waals surface area (Å²) in [6.45, 7) is 2.40. The highest BCUT2D eigenvalue weighted by atomic mass is 32.1. The standard InChI is InChI=1S/C20H18N4OS/c1-13-5-4-6-14(11-13)23-20(21)22-12-15-9-10-17(25-15)19-24-16-7-2-3-8-18(16)26-19/h2-11H,12H2,1H3,(H3,21,22,23). The molecular weight excluding hydrogens is 344 g/mol. The first-order valence-corrected chi connectivity index (χ1v) is 9.07. The summed E-state index contributed by atoms with van der Waals surface area (Å²) in [7, 11) is 0. The first-order valence-electron chi connectivity index (χ1n) is 8.26. The molecule has 0 aliphatic heterocycles. The second-order valence-corrected chi connectivity index (χ2v) is 6.98. The highest BCUT2D eigenvalue weighted by Crippen LogP contribution is 2.31. The van der Waals surface area contributed by atoms with Crippen LogP contribution in [0.5, 0.6) is 0 Å². The molecule has 4 rings (SSSR count). The number of para-hydroxylation sites is 1. The molecule has 0 atom stereocenters. The van der Waals surface area contributed by atoms with Crippen molar-refractivity contribution in [3.63, 3.8) is 0 Å². The number of anilines is 1. The van der Waals surface area contributed by atoms with Crippen molar-refractivity contribution in [1.82, 2.24) is 4.98 Å². The van der Waals surface area contributed by atoms with Crippen molar-refractivity contribution in [2.75, 3.05) is 5.32 Å². The molecule has 2 aromatic heterocycles. The van der Waals surface area contributed by atoms with Crippen LogP contribution in [0.15, 0.2) is 70.1 Å². The number of rotatable bonds is 4. The van der Waals surface area contributed by atoms with Gasteiger partial charge in [-0.1, -0.05) is 24.3 Å². The van der Waals surface area contributed by atoms with Gasteiger partial charge in [0.2, 0.25) is 0 Å². The largest absolute Gasteiger partial charge is 0.457 e. The summed E-state index contributed by atoms with van der Waals surface area (Å²) < 4.78 is 7.02. The predicted molar refractivity (Wildman–Crippen MR) is 107 cm³/mol. The molecule has 0 amide bonds. The monoisotopic (exact) mass is 362 g/mol. The number of nitrogens with one attached hydrogen (secondary N) is 1. The molecule has 0 fully saturated rings. The zero-order valence-corrected chi connectivity index (χ0v) is 15.1. The van der Waals surface area contributed by atoms with Gasteiger partial charge in [-0.3, -0.25) is 0 Å². The fraction of sp³-hybridized carbons (Fsp3) is 0.100. The molecule has 0 radical (unpaired) electrons. The molecule has 0 saturated heterocycles. The number of thiazole rings is 1. The first kappa shape index (κ1) is 16.4. The minimum Gasteiger partial charge on any atom is -0.457 e. The Bertz CT molecular complexity index is 1050. The molecule has 0 unspecified atom stereocenters. The van der Waals surface area contributed by atoms with Crippen LogP contribution in [0.2, 0.25) is 0 Å². The van der Waals surface area contributed by atoms with Gasteiger partial charge in [0.05, 0.1) is 10.2 Å². The van der Waals surface area contributed by atoms with E-state index in [4.69, 9.17) is 10.2 Å². The Morgan fingerprint density at radius 3 is 2.88 bits per heavy atom. The SMILES string of the molecule is Cc1cccc(NC(N)=NCc2ccc(-c3nc4ccccc4s3)o2)c1. The second kappa shape index (κ2) is 7.01. The minimum absolute atomic E-state index is 0.355. The van der Waals surface area contributed by atoms with Gasteiger partial charge >= 0.3 is 0 Å². The zero-order valence-electron chi connectivity index (χ0n) is 14.3. The Morgan fingerprint density at radius 1 is 1.15 bits per heavy atom. The van der Waals surface area contributed by atoms with Crippen molar-refractivity contribution in [2.24, 2.45) is 10.7 Å². The van der Waals surface area contributed by atoms with Crippen LogP contribution in [-0.2, 0) is 6.54 Å². The summed E-state index contributed by atoms with van der Waals surface area (Å²) in [6.07, 6.45) is 0. The molecular formula is C20H18N4OS. The summed E-state index contributed by atoms with van der Waals surface area (Å²) in [6, 6.07) is 19.9. The lowest BCUT2D eigenvalue weighted by molar-refractivity contribution is 0.525.